The van der Waals surface area contributed by atoms with Crippen LogP contribution in [-0.2, 0) is 16.6 Å². The normalized spacial score (nSPS) is 45.8. The molecule has 1 aromatic carbocycles. The number of hydrogen-bond acceptors (Lipinski definition) is 3. The van der Waals surface area contributed by atoms with Crippen LogP contribution in [0, 0.1) is 22.7 Å². The van der Waals surface area contributed by atoms with E-state index >= 15 is 0 Å². The number of nitrogens with one attached hydrogen (secondary N) is 1. The van der Waals surface area contributed by atoms with Gasteiger partial charge in [0.05, 0.1) is 23.9 Å². The van der Waals surface area contributed by atoms with Crippen LogP contribution < -0.4 is 0 Å². The predicted octanol–water partition coefficient (Wildman–Crippen LogP) is 5.10. The molecule has 0 amide bonds. The second-order valence-corrected chi connectivity index (χ2v) is 12.6. The number of aliphatic hydroxyl groups excluding tert-OH is 1. The monoisotopic (exact) mass is 437 g/mol. The number of aliphatic hydroxyl groups is 2. The number of H-pyrrole nitrogens is 1. The van der Waals surface area contributed by atoms with E-state index in [1.165, 1.54) is 28.6 Å². The van der Waals surface area contributed by atoms with E-state index < -0.39 is 11.7 Å². The van der Waals surface area contributed by atoms with Crippen LogP contribution in [0.15, 0.2) is 24.3 Å². The third-order valence-corrected chi connectivity index (χ3v) is 11.0. The van der Waals surface area contributed by atoms with Gasteiger partial charge in [-0.3, -0.25) is 0 Å². The molecule has 0 unspecified atom stereocenters. The van der Waals surface area contributed by atoms with Crippen LogP contribution in [0.1, 0.15) is 78.0 Å². The molecule has 1 aliphatic heterocycles. The van der Waals surface area contributed by atoms with E-state index in [-0.39, 0.29) is 28.5 Å². The summed E-state index contributed by atoms with van der Waals surface area (Å²) in [6, 6.07) is 8.77. The van der Waals surface area contributed by atoms with E-state index in [4.69, 9.17) is 4.74 Å². The molecule has 6 rings (SSSR count). The van der Waals surface area contributed by atoms with Crippen molar-refractivity contribution in [1.82, 2.24) is 4.98 Å². The lowest BCUT2D eigenvalue weighted by molar-refractivity contribution is -0.280. The average Bonchev–Trinajstić information content (AvgIpc) is 3.23. The van der Waals surface area contributed by atoms with Gasteiger partial charge in [-0.05, 0) is 74.8 Å². The first-order chi connectivity index (χ1) is 15.0. The lowest BCUT2D eigenvalue weighted by atomic mass is 9.39. The zero-order chi connectivity index (χ0) is 22.7. The lowest BCUT2D eigenvalue weighted by Crippen LogP contribution is -2.68. The van der Waals surface area contributed by atoms with Gasteiger partial charge in [0.25, 0.3) is 0 Å². The Morgan fingerprint density at radius 3 is 2.59 bits per heavy atom. The van der Waals surface area contributed by atoms with Crippen LogP contribution in [0.5, 0.6) is 0 Å². The second-order valence-electron chi connectivity index (χ2n) is 12.6. The number of fused-ring (bicyclic) bond motifs is 9. The molecule has 32 heavy (non-hydrogen) atoms. The molecule has 0 radical (unpaired) electrons. The maximum Gasteiger partial charge on any atom is 0.0885 e. The van der Waals surface area contributed by atoms with Crippen molar-refractivity contribution in [2.75, 3.05) is 0 Å². The third kappa shape index (κ3) is 2.39. The molecule has 2 aromatic rings. The van der Waals surface area contributed by atoms with Crippen molar-refractivity contribution in [3.8, 4) is 0 Å². The van der Waals surface area contributed by atoms with Crippen molar-refractivity contribution in [2.24, 2.45) is 22.7 Å². The molecule has 3 N–H and O–H groups in total. The second kappa shape index (κ2) is 6.40. The Morgan fingerprint density at radius 2 is 1.84 bits per heavy atom. The topological polar surface area (TPSA) is 65.5 Å². The highest BCUT2D eigenvalue weighted by Gasteiger charge is 2.69. The maximum atomic E-state index is 11.6. The summed E-state index contributed by atoms with van der Waals surface area (Å²) in [6.45, 7) is 10.9. The Hall–Kier alpha value is -1.36. The molecule has 8 atom stereocenters. The Morgan fingerprint density at radius 1 is 1.09 bits per heavy atom. The van der Waals surface area contributed by atoms with Crippen LogP contribution in [0.4, 0.5) is 0 Å². The fourth-order valence-corrected chi connectivity index (χ4v) is 8.93. The van der Waals surface area contributed by atoms with E-state index in [0.717, 1.165) is 25.7 Å². The van der Waals surface area contributed by atoms with Gasteiger partial charge in [0.2, 0.25) is 0 Å². The van der Waals surface area contributed by atoms with Crippen LogP contribution in [0.25, 0.3) is 10.9 Å². The summed E-state index contributed by atoms with van der Waals surface area (Å²) in [7, 11) is 0. The number of rotatable bonds is 1. The summed E-state index contributed by atoms with van der Waals surface area (Å²) in [5.41, 5.74) is 3.21. The maximum absolute atomic E-state index is 11.6. The van der Waals surface area contributed by atoms with Gasteiger partial charge in [-0.25, -0.2) is 0 Å². The van der Waals surface area contributed by atoms with E-state index in [9.17, 15) is 10.2 Å². The van der Waals surface area contributed by atoms with Crippen molar-refractivity contribution in [3.05, 3.63) is 35.5 Å². The minimum absolute atomic E-state index is 0.00416. The van der Waals surface area contributed by atoms with Gasteiger partial charge in [0.1, 0.15) is 0 Å². The van der Waals surface area contributed by atoms with Gasteiger partial charge in [0, 0.05) is 33.8 Å². The van der Waals surface area contributed by atoms with Crippen molar-refractivity contribution in [2.45, 2.75) is 102 Å². The average molecular weight is 438 g/mol. The van der Waals surface area contributed by atoms with Gasteiger partial charge < -0.3 is 19.9 Å². The van der Waals surface area contributed by atoms with Crippen molar-refractivity contribution in [1.29, 1.82) is 0 Å². The third-order valence-electron chi connectivity index (χ3n) is 11.0. The molecule has 2 heterocycles. The molecule has 4 nitrogen and oxygen atoms in total. The van der Waals surface area contributed by atoms with Crippen molar-refractivity contribution >= 4 is 10.9 Å². The van der Waals surface area contributed by atoms with Crippen LogP contribution in [-0.4, -0.2) is 39.1 Å². The zero-order valence-electron chi connectivity index (χ0n) is 20.2. The molecule has 4 aliphatic rings. The molecule has 0 spiro atoms. The molecule has 3 aliphatic carbocycles. The number of benzene rings is 1. The fourth-order valence-electron chi connectivity index (χ4n) is 8.93. The van der Waals surface area contributed by atoms with E-state index in [1.54, 1.807) is 0 Å². The van der Waals surface area contributed by atoms with Crippen molar-refractivity contribution < 1.29 is 14.9 Å². The molecule has 2 saturated carbocycles. The van der Waals surface area contributed by atoms with Crippen LogP contribution in [0.2, 0.25) is 0 Å². The highest BCUT2D eigenvalue weighted by molar-refractivity contribution is 5.86. The molecule has 0 bridgehead atoms. The van der Waals surface area contributed by atoms with E-state index in [2.05, 4.69) is 50.0 Å². The number of ether oxygens (including phenoxy) is 1. The first-order valence-electron chi connectivity index (χ1n) is 12.7. The van der Waals surface area contributed by atoms with E-state index in [1.807, 2.05) is 13.8 Å². The largest absolute Gasteiger partial charge is 0.392 e. The smallest absolute Gasteiger partial charge is 0.0885 e. The summed E-state index contributed by atoms with van der Waals surface area (Å²) in [4.78, 5) is 3.87. The first kappa shape index (κ1) is 21.2. The summed E-state index contributed by atoms with van der Waals surface area (Å²) < 4.78 is 6.57. The summed E-state index contributed by atoms with van der Waals surface area (Å²) in [5.74, 6) is 1.05. The van der Waals surface area contributed by atoms with Gasteiger partial charge in [-0.2, -0.15) is 0 Å². The Balaban J connectivity index is 1.44. The molecular formula is C28H39NO3. The van der Waals surface area contributed by atoms with Gasteiger partial charge >= 0.3 is 0 Å². The number of aromatic amines is 1. The van der Waals surface area contributed by atoms with Gasteiger partial charge in [-0.1, -0.05) is 39.0 Å². The Bertz CT molecular complexity index is 1070. The fraction of sp³-hybridized carbons (Fsp3) is 0.714. The highest BCUT2D eigenvalue weighted by Crippen LogP contribution is 2.71. The minimum Gasteiger partial charge on any atom is -0.392 e. The Labute approximate surface area is 191 Å². The quantitative estimate of drug-likeness (QED) is 0.581. The molecular weight excluding hydrogens is 398 g/mol. The summed E-state index contributed by atoms with van der Waals surface area (Å²) >= 11 is 0. The van der Waals surface area contributed by atoms with E-state index in [0.29, 0.717) is 18.3 Å². The first-order valence-corrected chi connectivity index (χ1v) is 12.7. The molecule has 3 fully saturated rings. The minimum atomic E-state index is -0.933. The van der Waals surface area contributed by atoms with Gasteiger partial charge in [-0.15, -0.1) is 0 Å². The number of aromatic nitrogens is 1. The highest BCUT2D eigenvalue weighted by atomic mass is 16.5. The van der Waals surface area contributed by atoms with Crippen molar-refractivity contribution in [3.63, 3.8) is 0 Å². The zero-order valence-corrected chi connectivity index (χ0v) is 20.2. The predicted molar refractivity (Wildman–Crippen MR) is 127 cm³/mol. The standard InChI is InChI=1S/C28H39NO3/c1-25(2,31)23-15-21(30)27(4)20-11-10-16-14-18-17-8-6-7-9-19(17)29-24(18)28(16,5)26(20,3)13-12-22(27)32-23/h6-9,16,20-23,29-31H,10-15H2,1-5H3/t16-,20-,21+,22+,23+,26+,27-,28-/m0/s1. The summed E-state index contributed by atoms with van der Waals surface area (Å²) in [6.07, 6.45) is 5.33. The molecule has 4 heteroatoms. The molecule has 1 saturated heterocycles. The summed E-state index contributed by atoms with van der Waals surface area (Å²) in [5, 5.41) is 23.6. The number of hydrogen-bond donors (Lipinski definition) is 3. The lowest BCUT2D eigenvalue weighted by Gasteiger charge is -2.67. The van der Waals surface area contributed by atoms with Gasteiger partial charge in [0.15, 0.2) is 0 Å². The SMILES string of the molecule is CC(C)(O)[C@H]1C[C@@H](O)[C@]2(C)[C@H]3CC[C@H]4Cc5c([nH]c6ccccc56)[C@@]4(C)[C@]3(C)CC[C@H]2O1. The molecule has 1 aromatic heterocycles. The van der Waals surface area contributed by atoms with Crippen LogP contribution in [0.3, 0.4) is 0 Å². The van der Waals surface area contributed by atoms with Crippen LogP contribution >= 0.6 is 0 Å². The molecule has 174 valence electrons. The number of para-hydroxylation sites is 1. The Kier molecular flexibility index (Phi) is 4.24.